The van der Waals surface area contributed by atoms with Gasteiger partial charge in [-0.15, -0.1) is 0 Å². The molecule has 0 spiro atoms. The predicted octanol–water partition coefficient (Wildman–Crippen LogP) is 2.00. The summed E-state index contributed by atoms with van der Waals surface area (Å²) in [5, 5.41) is 8.94. The lowest BCUT2D eigenvalue weighted by atomic mass is 10.1. The van der Waals surface area contributed by atoms with E-state index < -0.39 is 5.97 Å². The van der Waals surface area contributed by atoms with Gasteiger partial charge in [0.15, 0.2) is 0 Å². The number of carbonyl (C=O) groups excluding carboxylic acids is 1. The van der Waals surface area contributed by atoms with E-state index in [-0.39, 0.29) is 12.0 Å². The van der Waals surface area contributed by atoms with Gasteiger partial charge in [-0.1, -0.05) is 12.2 Å². The summed E-state index contributed by atoms with van der Waals surface area (Å²) >= 11 is 0. The Balaban J connectivity index is 3.09. The summed E-state index contributed by atoms with van der Waals surface area (Å²) in [6, 6.07) is 4.67. The third-order valence-electron chi connectivity index (χ3n) is 2.02. The van der Waals surface area contributed by atoms with Gasteiger partial charge in [0.1, 0.15) is 12.0 Å². The van der Waals surface area contributed by atoms with Crippen molar-refractivity contribution < 1.29 is 19.4 Å². The molecule has 0 saturated carbocycles. The summed E-state index contributed by atoms with van der Waals surface area (Å²) in [4.78, 5) is 21.1. The van der Waals surface area contributed by atoms with Crippen LogP contribution in [0.1, 0.15) is 22.3 Å². The minimum atomic E-state index is -1.01. The fraction of sp³-hybridized carbons (Fsp3) is 0.167. The molecule has 16 heavy (non-hydrogen) atoms. The van der Waals surface area contributed by atoms with Gasteiger partial charge >= 0.3 is 5.97 Å². The van der Waals surface area contributed by atoms with Crippen LogP contribution in [0.5, 0.6) is 5.75 Å². The first-order valence-electron chi connectivity index (χ1n) is 4.70. The Hall–Kier alpha value is -2.10. The van der Waals surface area contributed by atoms with Crippen LogP contribution in [0.4, 0.5) is 0 Å². The molecule has 0 bridgehead atoms. The Morgan fingerprint density at radius 3 is 2.81 bits per heavy atom. The number of allylic oxidation sites excluding steroid dienone is 1. The van der Waals surface area contributed by atoms with Crippen molar-refractivity contribution in [2.24, 2.45) is 0 Å². The standard InChI is InChI=1S/C12H12O4/c1-16-10-5-6-11(12(14)15)9(8-10)4-2-3-7-13/h2,4-8H,3H2,1H3,(H,14,15). The molecule has 0 atom stereocenters. The minimum Gasteiger partial charge on any atom is -0.497 e. The lowest BCUT2D eigenvalue weighted by molar-refractivity contribution is -0.107. The maximum absolute atomic E-state index is 10.9. The quantitative estimate of drug-likeness (QED) is 0.771. The highest BCUT2D eigenvalue weighted by Gasteiger charge is 2.08. The van der Waals surface area contributed by atoms with Crippen LogP contribution in [-0.4, -0.2) is 24.5 Å². The molecule has 4 nitrogen and oxygen atoms in total. The average Bonchev–Trinajstić information content (AvgIpc) is 2.29. The number of ether oxygens (including phenoxy) is 1. The first-order valence-corrected chi connectivity index (χ1v) is 4.70. The molecule has 0 unspecified atom stereocenters. The Morgan fingerprint density at radius 2 is 2.25 bits per heavy atom. The van der Waals surface area contributed by atoms with Crippen molar-refractivity contribution in [3.05, 3.63) is 35.4 Å². The zero-order valence-electron chi connectivity index (χ0n) is 8.84. The fourth-order valence-corrected chi connectivity index (χ4v) is 1.25. The highest BCUT2D eigenvalue weighted by Crippen LogP contribution is 2.19. The van der Waals surface area contributed by atoms with E-state index in [1.165, 1.54) is 13.2 Å². The van der Waals surface area contributed by atoms with Crippen molar-refractivity contribution in [2.75, 3.05) is 7.11 Å². The number of carbonyl (C=O) groups is 2. The second-order valence-corrected chi connectivity index (χ2v) is 3.06. The van der Waals surface area contributed by atoms with Gasteiger partial charge in [-0.25, -0.2) is 4.79 Å². The van der Waals surface area contributed by atoms with Gasteiger partial charge < -0.3 is 14.6 Å². The Kier molecular flexibility index (Phi) is 4.27. The van der Waals surface area contributed by atoms with E-state index in [0.29, 0.717) is 11.3 Å². The molecule has 0 fully saturated rings. The molecule has 0 aliphatic rings. The van der Waals surface area contributed by atoms with Gasteiger partial charge in [0.25, 0.3) is 0 Å². The maximum Gasteiger partial charge on any atom is 0.336 e. The summed E-state index contributed by atoms with van der Waals surface area (Å²) in [6.07, 6.45) is 4.21. The highest BCUT2D eigenvalue weighted by atomic mass is 16.5. The smallest absolute Gasteiger partial charge is 0.336 e. The van der Waals surface area contributed by atoms with Crippen molar-refractivity contribution in [1.29, 1.82) is 0 Å². The van der Waals surface area contributed by atoms with E-state index in [9.17, 15) is 9.59 Å². The van der Waals surface area contributed by atoms with Crippen molar-refractivity contribution in [1.82, 2.24) is 0 Å². The molecule has 0 radical (unpaired) electrons. The van der Waals surface area contributed by atoms with E-state index in [4.69, 9.17) is 9.84 Å². The van der Waals surface area contributed by atoms with Crippen LogP contribution in [0.15, 0.2) is 24.3 Å². The number of aromatic carboxylic acids is 1. The Labute approximate surface area is 93.2 Å². The number of rotatable bonds is 5. The Morgan fingerprint density at radius 1 is 1.50 bits per heavy atom. The lowest BCUT2D eigenvalue weighted by Crippen LogP contribution is -1.99. The van der Waals surface area contributed by atoms with E-state index in [1.54, 1.807) is 24.3 Å². The molecular formula is C12H12O4. The van der Waals surface area contributed by atoms with Gasteiger partial charge in [-0.05, 0) is 23.8 Å². The number of hydrogen-bond donors (Lipinski definition) is 1. The van der Waals surface area contributed by atoms with E-state index in [1.807, 2.05) is 0 Å². The molecular weight excluding hydrogens is 208 g/mol. The van der Waals surface area contributed by atoms with Crippen LogP contribution >= 0.6 is 0 Å². The van der Waals surface area contributed by atoms with E-state index >= 15 is 0 Å². The number of benzene rings is 1. The molecule has 0 aromatic heterocycles. The molecule has 84 valence electrons. The first-order chi connectivity index (χ1) is 7.69. The van der Waals surface area contributed by atoms with Crippen LogP contribution in [0.2, 0.25) is 0 Å². The van der Waals surface area contributed by atoms with Gasteiger partial charge in [0.2, 0.25) is 0 Å². The minimum absolute atomic E-state index is 0.183. The van der Waals surface area contributed by atoms with Crippen molar-refractivity contribution in [3.8, 4) is 5.75 Å². The third-order valence-corrected chi connectivity index (χ3v) is 2.02. The highest BCUT2D eigenvalue weighted by molar-refractivity contribution is 5.92. The molecule has 1 N–H and O–H groups in total. The largest absolute Gasteiger partial charge is 0.497 e. The fourth-order valence-electron chi connectivity index (χ4n) is 1.25. The maximum atomic E-state index is 10.9. The molecule has 1 rings (SSSR count). The number of carboxylic acids is 1. The van der Waals surface area contributed by atoms with Crippen molar-refractivity contribution in [2.45, 2.75) is 6.42 Å². The topological polar surface area (TPSA) is 63.6 Å². The van der Waals surface area contributed by atoms with Gasteiger partial charge in [0, 0.05) is 6.42 Å². The van der Waals surface area contributed by atoms with Crippen molar-refractivity contribution in [3.63, 3.8) is 0 Å². The van der Waals surface area contributed by atoms with E-state index in [0.717, 1.165) is 6.29 Å². The zero-order valence-corrected chi connectivity index (χ0v) is 8.84. The zero-order chi connectivity index (χ0) is 12.0. The molecule has 0 aliphatic heterocycles. The molecule has 0 heterocycles. The molecule has 0 amide bonds. The molecule has 1 aromatic rings. The molecule has 0 saturated heterocycles. The Bertz CT molecular complexity index is 421. The number of methoxy groups -OCH3 is 1. The predicted molar refractivity (Wildman–Crippen MR) is 59.7 cm³/mol. The number of aldehydes is 1. The van der Waals surface area contributed by atoms with Crippen LogP contribution in [-0.2, 0) is 4.79 Å². The number of carboxylic acid groups (broad SMARTS) is 1. The monoisotopic (exact) mass is 220 g/mol. The third kappa shape index (κ3) is 2.95. The molecule has 4 heteroatoms. The lowest BCUT2D eigenvalue weighted by Gasteiger charge is -2.04. The van der Waals surface area contributed by atoms with Crippen LogP contribution in [0.25, 0.3) is 6.08 Å². The van der Waals surface area contributed by atoms with Gasteiger partial charge in [0.05, 0.1) is 12.7 Å². The van der Waals surface area contributed by atoms with Crippen LogP contribution in [0, 0.1) is 0 Å². The summed E-state index contributed by atoms with van der Waals surface area (Å²) in [5.74, 6) is -0.427. The van der Waals surface area contributed by atoms with Crippen LogP contribution in [0.3, 0.4) is 0 Å². The summed E-state index contributed by atoms with van der Waals surface area (Å²) in [7, 11) is 1.51. The van der Waals surface area contributed by atoms with Crippen molar-refractivity contribution >= 4 is 18.3 Å². The van der Waals surface area contributed by atoms with Crippen LogP contribution < -0.4 is 4.74 Å². The normalized spacial score (nSPS) is 10.3. The SMILES string of the molecule is COc1ccc(C(=O)O)c(C=CCC=O)c1. The summed E-state index contributed by atoms with van der Waals surface area (Å²) in [6.45, 7) is 0. The van der Waals surface area contributed by atoms with E-state index in [2.05, 4.69) is 0 Å². The van der Waals surface area contributed by atoms with Gasteiger partial charge in [-0.3, -0.25) is 0 Å². The average molecular weight is 220 g/mol. The summed E-state index contributed by atoms with van der Waals surface area (Å²) < 4.78 is 5.00. The molecule has 0 aliphatic carbocycles. The first kappa shape index (κ1) is 12.0. The second-order valence-electron chi connectivity index (χ2n) is 3.06. The second kappa shape index (κ2) is 5.70. The number of hydrogen-bond acceptors (Lipinski definition) is 3. The summed E-state index contributed by atoms with van der Waals surface area (Å²) in [5.41, 5.74) is 0.705. The van der Waals surface area contributed by atoms with Gasteiger partial charge in [-0.2, -0.15) is 0 Å². The molecule has 1 aromatic carbocycles.